The minimum atomic E-state index is -3.52. The summed E-state index contributed by atoms with van der Waals surface area (Å²) in [5, 5.41) is 0. The second kappa shape index (κ2) is 10.7. The van der Waals surface area contributed by atoms with E-state index in [4.69, 9.17) is 4.74 Å². The minimum absolute atomic E-state index is 0.0465. The predicted molar refractivity (Wildman–Crippen MR) is 113 cm³/mol. The van der Waals surface area contributed by atoms with Crippen molar-refractivity contribution >= 4 is 16.1 Å². The number of benzene rings is 1. The second-order valence-electron chi connectivity index (χ2n) is 8.12. The smallest absolute Gasteiger partial charge is 0.282 e. The van der Waals surface area contributed by atoms with E-state index in [-0.39, 0.29) is 43.8 Å². The number of carbonyl (C=O) groups excluding carboxylic acids is 1. The molecule has 1 saturated carbocycles. The van der Waals surface area contributed by atoms with Crippen LogP contribution >= 0.6 is 0 Å². The molecule has 0 aromatic heterocycles. The highest BCUT2D eigenvalue weighted by Gasteiger charge is 2.35. The Labute approximate surface area is 183 Å². The molecule has 0 radical (unpaired) electrons. The van der Waals surface area contributed by atoms with Gasteiger partial charge in [-0.25, -0.2) is 8.78 Å². The number of piperazine rings is 1. The van der Waals surface area contributed by atoms with E-state index < -0.39 is 21.8 Å². The van der Waals surface area contributed by atoms with E-state index >= 15 is 0 Å². The topological polar surface area (TPSA) is 70.2 Å². The molecule has 0 atom stereocenters. The first-order chi connectivity index (χ1) is 14.8. The van der Waals surface area contributed by atoms with Crippen LogP contribution in [0.25, 0.3) is 0 Å². The van der Waals surface area contributed by atoms with Gasteiger partial charge in [-0.15, -0.1) is 0 Å². The number of nitrogens with zero attached hydrogens (tertiary/aromatic N) is 3. The lowest BCUT2D eigenvalue weighted by Gasteiger charge is -2.38. The lowest BCUT2D eigenvalue weighted by Crippen LogP contribution is -2.55. The summed E-state index contributed by atoms with van der Waals surface area (Å²) in [4.78, 5) is 14.1. The molecule has 0 bridgehead atoms. The Morgan fingerprint density at radius 1 is 1.13 bits per heavy atom. The monoisotopic (exact) mass is 459 g/mol. The molecular weight excluding hydrogens is 428 g/mol. The van der Waals surface area contributed by atoms with Crippen molar-refractivity contribution in [3.05, 3.63) is 29.8 Å². The molecule has 1 amide bonds. The molecule has 1 aliphatic heterocycles. The summed E-state index contributed by atoms with van der Waals surface area (Å²) in [5.74, 6) is -1.58. The van der Waals surface area contributed by atoms with E-state index in [9.17, 15) is 22.0 Å². The third kappa shape index (κ3) is 6.14. The number of rotatable bonds is 8. The van der Waals surface area contributed by atoms with Crippen LogP contribution in [0.5, 0.6) is 5.75 Å². The third-order valence-corrected chi connectivity index (χ3v) is 8.10. The Bertz CT molecular complexity index is 854. The molecule has 3 rings (SSSR count). The van der Waals surface area contributed by atoms with Crippen LogP contribution in [0.2, 0.25) is 0 Å². The third-order valence-electron chi connectivity index (χ3n) is 6.06. The number of carbonyl (C=O) groups is 1. The van der Waals surface area contributed by atoms with Crippen molar-refractivity contribution in [2.75, 3.05) is 39.8 Å². The Kier molecular flexibility index (Phi) is 8.23. The molecule has 10 heteroatoms. The highest BCUT2D eigenvalue weighted by atomic mass is 32.2. The van der Waals surface area contributed by atoms with Gasteiger partial charge in [-0.3, -0.25) is 4.79 Å². The zero-order valence-electron chi connectivity index (χ0n) is 17.9. The average molecular weight is 460 g/mol. The van der Waals surface area contributed by atoms with Crippen molar-refractivity contribution in [1.82, 2.24) is 13.5 Å². The molecule has 1 heterocycles. The molecule has 1 aromatic rings. The van der Waals surface area contributed by atoms with E-state index in [1.54, 1.807) is 11.9 Å². The van der Waals surface area contributed by atoms with Crippen molar-refractivity contribution in [1.29, 1.82) is 0 Å². The predicted octanol–water partition coefficient (Wildman–Crippen LogP) is 2.78. The first-order valence-corrected chi connectivity index (χ1v) is 12.3. The normalized spacial score (nSPS) is 19.0. The van der Waals surface area contributed by atoms with Crippen molar-refractivity contribution in [3.63, 3.8) is 0 Å². The Balaban J connectivity index is 1.40. The van der Waals surface area contributed by atoms with Crippen LogP contribution in [-0.2, 0) is 15.0 Å². The maximum Gasteiger partial charge on any atom is 0.282 e. The molecule has 1 aliphatic carbocycles. The molecule has 1 saturated heterocycles. The van der Waals surface area contributed by atoms with E-state index in [0.717, 1.165) is 44.2 Å². The van der Waals surface area contributed by atoms with E-state index in [1.165, 1.54) is 14.7 Å². The molecule has 0 unspecified atom stereocenters. The summed E-state index contributed by atoms with van der Waals surface area (Å²) in [6.07, 6.45) is 5.69. The Morgan fingerprint density at radius 3 is 2.45 bits per heavy atom. The zero-order valence-corrected chi connectivity index (χ0v) is 18.7. The molecule has 2 fully saturated rings. The Hall–Kier alpha value is -1.78. The van der Waals surface area contributed by atoms with Crippen molar-refractivity contribution < 1.29 is 26.7 Å². The van der Waals surface area contributed by atoms with Gasteiger partial charge in [0.15, 0.2) is 11.6 Å². The standard InChI is InChI=1S/C21H31F2N3O4S/c1-24(18-6-3-2-4-7-18)31(28,29)26-13-11-25(12-14-26)21(27)8-5-15-30-20-10-9-17(22)16-19(20)23/h9-10,16,18H,2-8,11-15H2,1H3. The molecule has 1 aromatic carbocycles. The summed E-state index contributed by atoms with van der Waals surface area (Å²) in [6, 6.07) is 3.14. The maximum absolute atomic E-state index is 13.5. The van der Waals surface area contributed by atoms with Crippen LogP contribution in [0, 0.1) is 11.6 Å². The van der Waals surface area contributed by atoms with Gasteiger partial charge in [0.2, 0.25) is 5.91 Å². The highest BCUT2D eigenvalue weighted by Crippen LogP contribution is 2.25. The highest BCUT2D eigenvalue weighted by molar-refractivity contribution is 7.86. The van der Waals surface area contributed by atoms with Gasteiger partial charge >= 0.3 is 0 Å². The fourth-order valence-electron chi connectivity index (χ4n) is 4.14. The lowest BCUT2D eigenvalue weighted by atomic mass is 9.96. The summed E-state index contributed by atoms with van der Waals surface area (Å²) < 4.78 is 60.5. The number of halogens is 2. The van der Waals surface area contributed by atoms with E-state index in [2.05, 4.69) is 0 Å². The van der Waals surface area contributed by atoms with Gasteiger partial charge in [-0.2, -0.15) is 17.0 Å². The molecule has 0 spiro atoms. The van der Waals surface area contributed by atoms with Crippen LogP contribution < -0.4 is 4.74 Å². The number of amides is 1. The van der Waals surface area contributed by atoms with Crippen LogP contribution in [0.15, 0.2) is 18.2 Å². The minimum Gasteiger partial charge on any atom is -0.491 e. The van der Waals surface area contributed by atoms with Gasteiger partial charge in [0.1, 0.15) is 5.82 Å². The SMILES string of the molecule is CN(C1CCCCC1)S(=O)(=O)N1CCN(C(=O)CCCOc2ccc(F)cc2F)CC1. The van der Waals surface area contributed by atoms with Crippen LogP contribution in [-0.4, -0.2) is 73.7 Å². The van der Waals surface area contributed by atoms with Crippen LogP contribution in [0.3, 0.4) is 0 Å². The summed E-state index contributed by atoms with van der Waals surface area (Å²) in [5.41, 5.74) is 0. The van der Waals surface area contributed by atoms with Crippen molar-refractivity contribution in [2.45, 2.75) is 51.0 Å². The van der Waals surface area contributed by atoms with Crippen LogP contribution in [0.4, 0.5) is 8.78 Å². The van der Waals surface area contributed by atoms with Crippen LogP contribution in [0.1, 0.15) is 44.9 Å². The number of ether oxygens (including phenoxy) is 1. The summed E-state index contributed by atoms with van der Waals surface area (Å²) in [6.45, 7) is 1.40. The maximum atomic E-state index is 13.5. The summed E-state index contributed by atoms with van der Waals surface area (Å²) in [7, 11) is -1.86. The number of hydrogen-bond acceptors (Lipinski definition) is 4. The zero-order chi connectivity index (χ0) is 22.4. The quantitative estimate of drug-likeness (QED) is 0.561. The molecule has 31 heavy (non-hydrogen) atoms. The molecule has 7 nitrogen and oxygen atoms in total. The van der Waals surface area contributed by atoms with Gasteiger partial charge in [0.25, 0.3) is 10.2 Å². The molecule has 0 N–H and O–H groups in total. The van der Waals surface area contributed by atoms with Gasteiger partial charge in [0, 0.05) is 51.8 Å². The average Bonchev–Trinajstić information content (AvgIpc) is 2.78. The first kappa shape index (κ1) is 23.9. The van der Waals surface area contributed by atoms with Crippen molar-refractivity contribution in [2.24, 2.45) is 0 Å². The molecule has 174 valence electrons. The molecule has 2 aliphatic rings. The van der Waals surface area contributed by atoms with E-state index in [0.29, 0.717) is 19.5 Å². The molecular formula is C21H31F2N3O4S. The fraction of sp³-hybridized carbons (Fsp3) is 0.667. The van der Waals surface area contributed by atoms with Gasteiger partial charge < -0.3 is 9.64 Å². The van der Waals surface area contributed by atoms with Gasteiger partial charge in [-0.1, -0.05) is 19.3 Å². The van der Waals surface area contributed by atoms with Gasteiger partial charge in [0.05, 0.1) is 6.61 Å². The first-order valence-electron chi connectivity index (χ1n) is 10.9. The lowest BCUT2D eigenvalue weighted by molar-refractivity contribution is -0.132. The Morgan fingerprint density at radius 2 is 1.81 bits per heavy atom. The summed E-state index contributed by atoms with van der Waals surface area (Å²) >= 11 is 0. The number of hydrogen-bond donors (Lipinski definition) is 0. The van der Waals surface area contributed by atoms with E-state index in [1.807, 2.05) is 0 Å². The largest absolute Gasteiger partial charge is 0.491 e. The van der Waals surface area contributed by atoms with Gasteiger partial charge in [-0.05, 0) is 31.4 Å². The fourth-order valence-corrected chi connectivity index (χ4v) is 5.72. The second-order valence-corrected chi connectivity index (χ2v) is 10.1. The van der Waals surface area contributed by atoms with Crippen molar-refractivity contribution in [3.8, 4) is 5.75 Å².